The van der Waals surface area contributed by atoms with E-state index in [0.717, 1.165) is 29.8 Å². The van der Waals surface area contributed by atoms with Crippen molar-refractivity contribution in [1.82, 2.24) is 0 Å². The predicted molar refractivity (Wildman–Crippen MR) is 142 cm³/mol. The molecule has 2 heterocycles. The molecule has 0 fully saturated rings. The van der Waals surface area contributed by atoms with Crippen LogP contribution in [-0.4, -0.2) is 47.0 Å². The fraction of sp³-hybridized carbons (Fsp3) is 0.500. The van der Waals surface area contributed by atoms with Crippen molar-refractivity contribution in [1.29, 1.82) is 0 Å². The molecule has 0 bridgehead atoms. The normalized spacial score (nSPS) is 16.3. The van der Waals surface area contributed by atoms with Gasteiger partial charge in [0, 0.05) is 18.8 Å². The Morgan fingerprint density at radius 1 is 1.09 bits per heavy atom. The second-order valence-corrected chi connectivity index (χ2v) is 15.7. The van der Waals surface area contributed by atoms with Crippen LogP contribution in [0.1, 0.15) is 54.7 Å². The summed E-state index contributed by atoms with van der Waals surface area (Å²) < 4.78 is 18.6. The Balaban J connectivity index is 1.72. The number of benzene rings is 1. The highest BCUT2D eigenvalue weighted by molar-refractivity contribution is 7.15. The van der Waals surface area contributed by atoms with Crippen LogP contribution in [0.3, 0.4) is 0 Å². The maximum atomic E-state index is 11.7. The lowest BCUT2D eigenvalue weighted by Crippen LogP contribution is -2.45. The largest absolute Gasteiger partial charge is 0.484 e. The molecule has 2 aromatic rings. The molecular formula is C26H37NO4SSi. The molecule has 1 aromatic carbocycles. The Kier molecular flexibility index (Phi) is 8.08. The van der Waals surface area contributed by atoms with Gasteiger partial charge in [0.15, 0.2) is 32.2 Å². The molecule has 1 unspecified atom stereocenters. The first-order valence-electron chi connectivity index (χ1n) is 11.7. The average Bonchev–Trinajstić information content (AvgIpc) is 3.14. The molecule has 1 atom stereocenters. The summed E-state index contributed by atoms with van der Waals surface area (Å²) in [5.74, 6) is 1.20. The number of hydrogen-bond donors (Lipinski definition) is 0. The Labute approximate surface area is 203 Å². The maximum absolute atomic E-state index is 11.7. The molecule has 0 amide bonds. The lowest BCUT2D eigenvalue weighted by molar-refractivity contribution is 0.0493. The highest BCUT2D eigenvalue weighted by Crippen LogP contribution is 2.45. The van der Waals surface area contributed by atoms with Gasteiger partial charge in [-0.15, -0.1) is 11.3 Å². The third-order valence-corrected chi connectivity index (χ3v) is 12.1. The van der Waals surface area contributed by atoms with E-state index in [0.29, 0.717) is 29.6 Å². The second-order valence-electron chi connectivity index (χ2n) is 9.83. The number of rotatable bonds is 9. The summed E-state index contributed by atoms with van der Waals surface area (Å²) in [6, 6.07) is 8.49. The minimum Gasteiger partial charge on any atom is -0.484 e. The number of carbonyl (C=O) groups is 1. The molecular weight excluding hydrogens is 450 g/mol. The highest BCUT2D eigenvalue weighted by atomic mass is 32.1. The molecule has 0 spiro atoms. The van der Waals surface area contributed by atoms with Gasteiger partial charge in [-0.2, -0.15) is 0 Å². The summed E-state index contributed by atoms with van der Waals surface area (Å²) in [5, 5.41) is 0.131. The number of carbonyl (C=O) groups excluding carboxylic acids is 1. The lowest BCUT2D eigenvalue weighted by atomic mass is 10.1. The zero-order valence-corrected chi connectivity index (χ0v) is 22.8. The molecule has 33 heavy (non-hydrogen) atoms. The standard InChI is InChI=1S/C26H37NO4SSi/c1-8-27(9-2)20-13-10-19(11-14-20)12-15-22-24-25(23(16-28)32-22)31-21(17-29-24)18-30-33(6,7)26(3,4)5/h10-16,21H,8-9,17-18H2,1-7H3/b15-12+. The van der Waals surface area contributed by atoms with E-state index in [1.54, 1.807) is 0 Å². The Morgan fingerprint density at radius 2 is 1.76 bits per heavy atom. The van der Waals surface area contributed by atoms with Crippen LogP contribution >= 0.6 is 11.3 Å². The monoisotopic (exact) mass is 487 g/mol. The lowest BCUT2D eigenvalue weighted by Gasteiger charge is -2.37. The van der Waals surface area contributed by atoms with Crippen LogP contribution in [0.25, 0.3) is 12.2 Å². The SMILES string of the molecule is CCN(CC)c1ccc(/C=C/c2sc(C=O)c3c2OCC(CO[Si](C)(C)C(C)(C)C)O3)cc1. The zero-order valence-electron chi connectivity index (χ0n) is 20.9. The van der Waals surface area contributed by atoms with E-state index in [1.165, 1.54) is 17.0 Å². The minimum absolute atomic E-state index is 0.131. The molecule has 0 N–H and O–H groups in total. The number of anilines is 1. The molecule has 3 rings (SSSR count). The molecule has 5 nitrogen and oxygen atoms in total. The van der Waals surface area contributed by atoms with Gasteiger partial charge in [0.25, 0.3) is 0 Å². The molecule has 0 saturated heterocycles. The van der Waals surface area contributed by atoms with Crippen LogP contribution in [0.2, 0.25) is 18.1 Å². The smallest absolute Gasteiger partial charge is 0.192 e. The van der Waals surface area contributed by atoms with Crippen molar-refractivity contribution in [2.75, 3.05) is 31.2 Å². The van der Waals surface area contributed by atoms with Crippen LogP contribution in [-0.2, 0) is 4.43 Å². The third-order valence-electron chi connectivity index (χ3n) is 6.56. The summed E-state index contributed by atoms with van der Waals surface area (Å²) in [6.07, 6.45) is 4.67. The second kappa shape index (κ2) is 10.4. The fourth-order valence-corrected chi connectivity index (χ4v) is 5.34. The van der Waals surface area contributed by atoms with Crippen LogP contribution < -0.4 is 14.4 Å². The number of fused-ring (bicyclic) bond motifs is 1. The summed E-state index contributed by atoms with van der Waals surface area (Å²) in [7, 11) is -1.88. The van der Waals surface area contributed by atoms with Gasteiger partial charge in [0.1, 0.15) is 11.5 Å². The van der Waals surface area contributed by atoms with E-state index in [2.05, 4.69) is 76.9 Å². The van der Waals surface area contributed by atoms with Gasteiger partial charge >= 0.3 is 0 Å². The molecule has 180 valence electrons. The quantitative estimate of drug-likeness (QED) is 0.290. The van der Waals surface area contributed by atoms with E-state index in [4.69, 9.17) is 13.9 Å². The Morgan fingerprint density at radius 3 is 2.33 bits per heavy atom. The van der Waals surface area contributed by atoms with E-state index in [9.17, 15) is 4.79 Å². The van der Waals surface area contributed by atoms with Crippen LogP contribution in [0.4, 0.5) is 5.69 Å². The first-order chi connectivity index (χ1) is 15.6. The topological polar surface area (TPSA) is 48.0 Å². The van der Waals surface area contributed by atoms with Crippen LogP contribution in [0.5, 0.6) is 11.5 Å². The predicted octanol–water partition coefficient (Wildman–Crippen LogP) is 6.74. The first kappa shape index (κ1) is 25.5. The van der Waals surface area contributed by atoms with Gasteiger partial charge in [-0.05, 0) is 55.8 Å². The number of aldehydes is 1. The molecule has 0 radical (unpaired) electrons. The number of ether oxygens (including phenoxy) is 2. The van der Waals surface area contributed by atoms with Crippen molar-refractivity contribution in [3.8, 4) is 11.5 Å². The molecule has 1 aliphatic heterocycles. The minimum atomic E-state index is -1.88. The first-order valence-corrected chi connectivity index (χ1v) is 15.4. The molecule has 7 heteroatoms. The number of hydrogen-bond acceptors (Lipinski definition) is 6. The van der Waals surface area contributed by atoms with E-state index in [-0.39, 0.29) is 11.1 Å². The number of thiophene rings is 1. The van der Waals surface area contributed by atoms with Crippen molar-refractivity contribution in [2.24, 2.45) is 0 Å². The van der Waals surface area contributed by atoms with E-state index >= 15 is 0 Å². The van der Waals surface area contributed by atoms with Crippen molar-refractivity contribution in [3.05, 3.63) is 39.6 Å². The van der Waals surface area contributed by atoms with Gasteiger partial charge < -0.3 is 18.8 Å². The highest BCUT2D eigenvalue weighted by Gasteiger charge is 2.38. The zero-order chi connectivity index (χ0) is 24.2. The van der Waals surface area contributed by atoms with Gasteiger partial charge in [-0.25, -0.2) is 0 Å². The van der Waals surface area contributed by atoms with E-state index in [1.807, 2.05) is 12.2 Å². The molecule has 0 saturated carbocycles. The summed E-state index contributed by atoms with van der Waals surface area (Å²) in [6.45, 7) is 18.3. The molecule has 1 aliphatic rings. The van der Waals surface area contributed by atoms with Crippen molar-refractivity contribution < 1.29 is 18.7 Å². The van der Waals surface area contributed by atoms with Gasteiger partial charge in [0.05, 0.1) is 11.5 Å². The van der Waals surface area contributed by atoms with Crippen LogP contribution in [0, 0.1) is 0 Å². The Hall–Kier alpha value is -2.09. The van der Waals surface area contributed by atoms with Gasteiger partial charge in [-0.1, -0.05) is 39.0 Å². The van der Waals surface area contributed by atoms with Crippen molar-refractivity contribution in [3.63, 3.8) is 0 Å². The van der Waals surface area contributed by atoms with Crippen molar-refractivity contribution in [2.45, 2.75) is 58.9 Å². The summed E-state index contributed by atoms with van der Waals surface area (Å²) >= 11 is 1.39. The summed E-state index contributed by atoms with van der Waals surface area (Å²) in [4.78, 5) is 15.5. The fourth-order valence-electron chi connectivity index (χ4n) is 3.40. The average molecular weight is 488 g/mol. The summed E-state index contributed by atoms with van der Waals surface area (Å²) in [5.41, 5.74) is 2.31. The number of nitrogens with zero attached hydrogens (tertiary/aromatic N) is 1. The molecule has 0 aliphatic carbocycles. The van der Waals surface area contributed by atoms with Gasteiger partial charge in [0.2, 0.25) is 0 Å². The van der Waals surface area contributed by atoms with Gasteiger partial charge in [-0.3, -0.25) is 4.79 Å². The van der Waals surface area contributed by atoms with E-state index < -0.39 is 8.32 Å². The Bertz CT molecular complexity index is 971. The maximum Gasteiger partial charge on any atom is 0.192 e. The van der Waals surface area contributed by atoms with Crippen LogP contribution in [0.15, 0.2) is 24.3 Å². The third kappa shape index (κ3) is 5.89. The van der Waals surface area contributed by atoms with Crippen molar-refractivity contribution >= 4 is 43.8 Å². The molecule has 1 aromatic heterocycles.